The van der Waals surface area contributed by atoms with Crippen molar-refractivity contribution >= 4 is 23.5 Å². The van der Waals surface area contributed by atoms with Crippen LogP contribution in [0.1, 0.15) is 30.8 Å². The Morgan fingerprint density at radius 2 is 2.04 bits per heavy atom. The summed E-state index contributed by atoms with van der Waals surface area (Å²) in [6.45, 7) is 4.31. The summed E-state index contributed by atoms with van der Waals surface area (Å²) in [5.74, 6) is -1.25. The number of aliphatic carboxylic acids is 1. The maximum atomic E-state index is 12.7. The molecule has 3 rings (SSSR count). The van der Waals surface area contributed by atoms with E-state index in [-0.39, 0.29) is 24.1 Å². The molecule has 2 aromatic rings. The highest BCUT2D eigenvalue weighted by Gasteiger charge is 2.48. The van der Waals surface area contributed by atoms with E-state index in [1.54, 1.807) is 18.2 Å². The Balaban J connectivity index is 1.82. The van der Waals surface area contributed by atoms with Gasteiger partial charge in [-0.2, -0.15) is 0 Å². The highest BCUT2D eigenvalue weighted by molar-refractivity contribution is 6.32. The van der Waals surface area contributed by atoms with Crippen molar-refractivity contribution in [1.82, 2.24) is 19.9 Å². The van der Waals surface area contributed by atoms with Gasteiger partial charge in [0.05, 0.1) is 22.3 Å². The van der Waals surface area contributed by atoms with E-state index in [9.17, 15) is 14.7 Å². The Morgan fingerprint density at radius 3 is 2.64 bits per heavy atom. The van der Waals surface area contributed by atoms with Gasteiger partial charge in [-0.15, -0.1) is 5.10 Å². The molecule has 0 aliphatic carbocycles. The van der Waals surface area contributed by atoms with Crippen LogP contribution in [0.3, 0.4) is 0 Å². The average molecular weight is 363 g/mol. The van der Waals surface area contributed by atoms with Crippen LogP contribution in [0.15, 0.2) is 30.5 Å². The van der Waals surface area contributed by atoms with Gasteiger partial charge in [-0.3, -0.25) is 9.59 Å². The van der Waals surface area contributed by atoms with Crippen LogP contribution in [0.25, 0.3) is 5.69 Å². The third-order valence-electron chi connectivity index (χ3n) is 4.93. The number of likely N-dealkylation sites (tertiary alicyclic amines) is 1. The zero-order valence-corrected chi connectivity index (χ0v) is 14.8. The van der Waals surface area contributed by atoms with Gasteiger partial charge in [0.1, 0.15) is 0 Å². The number of carbonyl (C=O) groups excluding carboxylic acids is 1. The van der Waals surface area contributed by atoms with Gasteiger partial charge in [-0.25, -0.2) is 4.68 Å². The summed E-state index contributed by atoms with van der Waals surface area (Å²) in [5.41, 5.74) is -0.113. The minimum Gasteiger partial charge on any atom is -0.481 e. The van der Waals surface area contributed by atoms with Crippen LogP contribution in [0, 0.1) is 11.3 Å². The number of carboxylic acid groups (broad SMARTS) is 1. The molecule has 1 aliphatic rings. The number of carbonyl (C=O) groups is 2. The molecule has 1 fully saturated rings. The largest absolute Gasteiger partial charge is 0.481 e. The molecule has 1 unspecified atom stereocenters. The first-order chi connectivity index (χ1) is 11.8. The van der Waals surface area contributed by atoms with Crippen molar-refractivity contribution in [3.8, 4) is 5.69 Å². The van der Waals surface area contributed by atoms with Crippen LogP contribution in [-0.4, -0.2) is 50.0 Å². The average Bonchev–Trinajstić information content (AvgIpc) is 3.23. The minimum atomic E-state index is -0.908. The summed E-state index contributed by atoms with van der Waals surface area (Å²) in [7, 11) is 0. The maximum Gasteiger partial charge on any atom is 0.311 e. The number of hydrogen-bond donors (Lipinski definition) is 1. The molecule has 2 heterocycles. The van der Waals surface area contributed by atoms with E-state index in [4.69, 9.17) is 11.6 Å². The number of hydrogen-bond acceptors (Lipinski definition) is 4. The number of carboxylic acids is 1. The highest BCUT2D eigenvalue weighted by atomic mass is 35.5. The number of benzene rings is 1. The summed E-state index contributed by atoms with van der Waals surface area (Å²) in [5, 5.41) is 18.0. The highest BCUT2D eigenvalue weighted by Crippen LogP contribution is 2.38. The maximum absolute atomic E-state index is 12.7. The van der Waals surface area contributed by atoms with E-state index in [1.165, 1.54) is 15.8 Å². The van der Waals surface area contributed by atoms with Crippen LogP contribution < -0.4 is 0 Å². The van der Waals surface area contributed by atoms with Gasteiger partial charge in [0.2, 0.25) is 0 Å². The molecule has 1 atom stereocenters. The predicted molar refractivity (Wildman–Crippen MR) is 91.8 cm³/mol. The van der Waals surface area contributed by atoms with Gasteiger partial charge in [0.25, 0.3) is 5.91 Å². The zero-order chi connectivity index (χ0) is 18.2. The van der Waals surface area contributed by atoms with Crippen molar-refractivity contribution in [1.29, 1.82) is 0 Å². The predicted octanol–water partition coefficient (Wildman–Crippen LogP) is 2.49. The minimum absolute atomic E-state index is 0.0680. The quantitative estimate of drug-likeness (QED) is 0.902. The topological polar surface area (TPSA) is 88.3 Å². The normalized spacial score (nSPS) is 20.2. The second kappa shape index (κ2) is 6.48. The third-order valence-corrected chi connectivity index (χ3v) is 5.25. The molecule has 1 amide bonds. The second-order valence-corrected chi connectivity index (χ2v) is 7.00. The third kappa shape index (κ3) is 3.00. The molecule has 1 saturated heterocycles. The smallest absolute Gasteiger partial charge is 0.311 e. The van der Waals surface area contributed by atoms with Crippen molar-refractivity contribution in [3.05, 3.63) is 41.2 Å². The molecule has 25 heavy (non-hydrogen) atoms. The molecule has 7 nitrogen and oxygen atoms in total. The molecule has 0 radical (unpaired) electrons. The Kier molecular flexibility index (Phi) is 4.51. The van der Waals surface area contributed by atoms with Gasteiger partial charge in [-0.05, 0) is 24.5 Å². The molecule has 1 aromatic heterocycles. The number of para-hydroxylation sites is 1. The van der Waals surface area contributed by atoms with E-state index in [0.717, 1.165) is 0 Å². The van der Waals surface area contributed by atoms with Crippen LogP contribution in [0.4, 0.5) is 0 Å². The van der Waals surface area contributed by atoms with Crippen LogP contribution >= 0.6 is 11.6 Å². The molecule has 0 saturated carbocycles. The SMILES string of the molecule is CC(C)C1(C(=O)O)CCN(C(=O)c2cn(-c3ccccc3Cl)nn2)C1. The van der Waals surface area contributed by atoms with Gasteiger partial charge in [-0.1, -0.05) is 42.8 Å². The molecule has 1 N–H and O–H groups in total. The summed E-state index contributed by atoms with van der Waals surface area (Å²) in [4.78, 5) is 25.9. The molecule has 0 bridgehead atoms. The van der Waals surface area contributed by atoms with E-state index in [0.29, 0.717) is 23.7 Å². The lowest BCUT2D eigenvalue weighted by molar-refractivity contribution is -0.150. The van der Waals surface area contributed by atoms with Gasteiger partial charge >= 0.3 is 5.97 Å². The van der Waals surface area contributed by atoms with Crippen molar-refractivity contribution in [2.24, 2.45) is 11.3 Å². The number of rotatable bonds is 4. The lowest BCUT2D eigenvalue weighted by Crippen LogP contribution is -2.40. The molecule has 1 aromatic carbocycles. The first-order valence-corrected chi connectivity index (χ1v) is 8.43. The van der Waals surface area contributed by atoms with Crippen molar-refractivity contribution in [2.75, 3.05) is 13.1 Å². The fourth-order valence-corrected chi connectivity index (χ4v) is 3.40. The second-order valence-electron chi connectivity index (χ2n) is 6.59. The van der Waals surface area contributed by atoms with Crippen molar-refractivity contribution in [2.45, 2.75) is 20.3 Å². The van der Waals surface area contributed by atoms with Crippen molar-refractivity contribution in [3.63, 3.8) is 0 Å². The van der Waals surface area contributed by atoms with E-state index in [2.05, 4.69) is 10.3 Å². The van der Waals surface area contributed by atoms with E-state index < -0.39 is 11.4 Å². The Labute approximate surface area is 150 Å². The van der Waals surface area contributed by atoms with Gasteiger partial charge in [0, 0.05) is 13.1 Å². The molecule has 8 heteroatoms. The Hall–Kier alpha value is -2.41. The number of nitrogens with zero attached hydrogens (tertiary/aromatic N) is 4. The van der Waals surface area contributed by atoms with Crippen LogP contribution in [0.2, 0.25) is 5.02 Å². The fourth-order valence-electron chi connectivity index (χ4n) is 3.18. The van der Waals surface area contributed by atoms with E-state index in [1.807, 2.05) is 19.9 Å². The summed E-state index contributed by atoms with van der Waals surface area (Å²) >= 11 is 6.13. The summed E-state index contributed by atoms with van der Waals surface area (Å²) < 4.78 is 1.44. The van der Waals surface area contributed by atoms with Gasteiger partial charge in [0.15, 0.2) is 5.69 Å². The molecule has 132 valence electrons. The number of halogens is 1. The molecular weight excluding hydrogens is 344 g/mol. The molecule has 1 aliphatic heterocycles. The lowest BCUT2D eigenvalue weighted by atomic mass is 9.76. The summed E-state index contributed by atoms with van der Waals surface area (Å²) in [6, 6.07) is 7.12. The molecule has 0 spiro atoms. The van der Waals surface area contributed by atoms with Crippen LogP contribution in [-0.2, 0) is 4.79 Å². The first kappa shape index (κ1) is 17.4. The summed E-state index contributed by atoms with van der Waals surface area (Å²) in [6.07, 6.45) is 1.95. The molecular formula is C17H19ClN4O3. The van der Waals surface area contributed by atoms with Crippen LogP contribution in [0.5, 0.6) is 0 Å². The number of aromatic nitrogens is 3. The fraction of sp³-hybridized carbons (Fsp3) is 0.412. The standard InChI is InChI=1S/C17H19ClN4O3/c1-11(2)17(16(24)25)7-8-21(10-17)15(23)13-9-22(20-19-13)14-6-4-3-5-12(14)18/h3-6,9,11H,7-8,10H2,1-2H3,(H,24,25). The van der Waals surface area contributed by atoms with E-state index >= 15 is 0 Å². The van der Waals surface area contributed by atoms with Gasteiger partial charge < -0.3 is 10.0 Å². The Bertz CT molecular complexity index is 820. The Morgan fingerprint density at radius 1 is 1.32 bits per heavy atom. The first-order valence-electron chi connectivity index (χ1n) is 8.05. The lowest BCUT2D eigenvalue weighted by Gasteiger charge is -2.28. The number of amides is 1. The van der Waals surface area contributed by atoms with Crippen molar-refractivity contribution < 1.29 is 14.7 Å². The monoisotopic (exact) mass is 362 g/mol. The zero-order valence-electron chi connectivity index (χ0n) is 14.0.